The highest BCUT2D eigenvalue weighted by atomic mass is 15.0. The lowest BCUT2D eigenvalue weighted by atomic mass is 10.0. The number of benzene rings is 2. The number of nitrogen functional groups attached to an aromatic ring is 1. The topological polar surface area (TPSA) is 50.9 Å². The molecule has 3 N–H and O–H groups in total. The first-order chi connectivity index (χ1) is 9.83. The maximum Gasteiger partial charge on any atom is 0.132 e. The Morgan fingerprint density at radius 3 is 2.40 bits per heavy atom. The van der Waals surface area contributed by atoms with Crippen LogP contribution in [0, 0.1) is 0 Å². The van der Waals surface area contributed by atoms with Crippen molar-refractivity contribution in [2.75, 3.05) is 11.1 Å². The van der Waals surface area contributed by atoms with Crippen molar-refractivity contribution in [2.24, 2.45) is 0 Å². The number of nitrogens with two attached hydrogens (primary N) is 1. The zero-order chi connectivity index (χ0) is 13.8. The Hall–Kier alpha value is -2.81. The maximum atomic E-state index is 5.78. The van der Waals surface area contributed by atoms with Crippen LogP contribution in [0.1, 0.15) is 0 Å². The van der Waals surface area contributed by atoms with E-state index in [4.69, 9.17) is 5.73 Å². The first kappa shape index (κ1) is 12.2. The van der Waals surface area contributed by atoms with E-state index in [-0.39, 0.29) is 0 Å². The molecule has 3 heteroatoms. The van der Waals surface area contributed by atoms with Crippen molar-refractivity contribution in [1.82, 2.24) is 4.98 Å². The number of aromatic nitrogens is 1. The summed E-state index contributed by atoms with van der Waals surface area (Å²) in [6, 6.07) is 22.0. The highest BCUT2D eigenvalue weighted by molar-refractivity contribution is 5.80. The molecule has 2 aromatic carbocycles. The van der Waals surface area contributed by atoms with E-state index in [2.05, 4.69) is 28.5 Å². The number of nitrogens with zero attached hydrogens (tertiary/aromatic N) is 1. The number of hydrogen-bond acceptors (Lipinski definition) is 3. The average Bonchev–Trinajstić information content (AvgIpc) is 2.49. The predicted molar refractivity (Wildman–Crippen MR) is 83.8 cm³/mol. The SMILES string of the molecule is Nc1ccnc(Nc2ccccc2-c2ccccc2)c1. The molecule has 0 aliphatic rings. The lowest BCUT2D eigenvalue weighted by molar-refractivity contribution is 1.31. The third-order valence-electron chi connectivity index (χ3n) is 3.06. The van der Waals surface area contributed by atoms with Gasteiger partial charge < -0.3 is 11.1 Å². The predicted octanol–water partition coefficient (Wildman–Crippen LogP) is 4.07. The molecular formula is C17H15N3. The summed E-state index contributed by atoms with van der Waals surface area (Å²) in [5.41, 5.74) is 9.79. The Kier molecular flexibility index (Phi) is 3.33. The van der Waals surface area contributed by atoms with E-state index >= 15 is 0 Å². The molecular weight excluding hydrogens is 246 g/mol. The van der Waals surface area contributed by atoms with Crippen LogP contribution >= 0.6 is 0 Å². The van der Waals surface area contributed by atoms with Crippen molar-refractivity contribution in [3.8, 4) is 11.1 Å². The molecule has 0 bridgehead atoms. The summed E-state index contributed by atoms with van der Waals surface area (Å²) in [5.74, 6) is 0.744. The molecule has 98 valence electrons. The zero-order valence-electron chi connectivity index (χ0n) is 11.0. The monoisotopic (exact) mass is 261 g/mol. The van der Waals surface area contributed by atoms with Gasteiger partial charge in [-0.2, -0.15) is 0 Å². The molecule has 1 aromatic heterocycles. The van der Waals surface area contributed by atoms with Crippen LogP contribution in [0.5, 0.6) is 0 Å². The van der Waals surface area contributed by atoms with Crippen molar-refractivity contribution in [3.63, 3.8) is 0 Å². The summed E-state index contributed by atoms with van der Waals surface area (Å²) in [5, 5.41) is 3.32. The zero-order valence-corrected chi connectivity index (χ0v) is 11.0. The first-order valence-electron chi connectivity index (χ1n) is 6.46. The van der Waals surface area contributed by atoms with Crippen molar-refractivity contribution in [1.29, 1.82) is 0 Å². The van der Waals surface area contributed by atoms with E-state index in [9.17, 15) is 0 Å². The van der Waals surface area contributed by atoms with Gasteiger partial charge in [0.05, 0.1) is 0 Å². The average molecular weight is 261 g/mol. The summed E-state index contributed by atoms with van der Waals surface area (Å²) in [6.45, 7) is 0. The fourth-order valence-electron chi connectivity index (χ4n) is 2.11. The quantitative estimate of drug-likeness (QED) is 0.747. The minimum Gasteiger partial charge on any atom is -0.399 e. The molecule has 3 nitrogen and oxygen atoms in total. The Morgan fingerprint density at radius 2 is 1.60 bits per heavy atom. The van der Waals surface area contributed by atoms with E-state index in [1.54, 1.807) is 12.3 Å². The highest BCUT2D eigenvalue weighted by Crippen LogP contribution is 2.29. The van der Waals surface area contributed by atoms with Crippen molar-refractivity contribution < 1.29 is 0 Å². The molecule has 0 radical (unpaired) electrons. The number of nitrogens with one attached hydrogen (secondary N) is 1. The number of pyridine rings is 1. The Labute approximate surface area is 118 Å². The van der Waals surface area contributed by atoms with Crippen LogP contribution in [0.3, 0.4) is 0 Å². The van der Waals surface area contributed by atoms with Crippen LogP contribution in [0.15, 0.2) is 72.9 Å². The van der Waals surface area contributed by atoms with Crippen LogP contribution in [0.4, 0.5) is 17.2 Å². The van der Waals surface area contributed by atoms with Gasteiger partial charge in [0.25, 0.3) is 0 Å². The summed E-state index contributed by atoms with van der Waals surface area (Å²) in [7, 11) is 0. The van der Waals surface area contributed by atoms with E-state index in [0.29, 0.717) is 5.69 Å². The maximum absolute atomic E-state index is 5.78. The molecule has 1 heterocycles. The highest BCUT2D eigenvalue weighted by Gasteiger charge is 2.05. The van der Waals surface area contributed by atoms with Crippen LogP contribution in [0.2, 0.25) is 0 Å². The van der Waals surface area contributed by atoms with Gasteiger partial charge in [-0.1, -0.05) is 48.5 Å². The summed E-state index contributed by atoms with van der Waals surface area (Å²) in [4.78, 5) is 4.28. The molecule has 0 aliphatic heterocycles. The van der Waals surface area contributed by atoms with Crippen molar-refractivity contribution >= 4 is 17.2 Å². The molecule has 3 rings (SSSR count). The van der Waals surface area contributed by atoms with Crippen LogP contribution in [-0.4, -0.2) is 4.98 Å². The van der Waals surface area contributed by atoms with Crippen LogP contribution in [0.25, 0.3) is 11.1 Å². The van der Waals surface area contributed by atoms with E-state index in [1.165, 1.54) is 5.56 Å². The van der Waals surface area contributed by atoms with Crippen LogP contribution in [-0.2, 0) is 0 Å². The Morgan fingerprint density at radius 1 is 0.850 bits per heavy atom. The third kappa shape index (κ3) is 2.62. The molecule has 0 aliphatic carbocycles. The lowest BCUT2D eigenvalue weighted by Crippen LogP contribution is -1.96. The largest absolute Gasteiger partial charge is 0.399 e. The molecule has 0 saturated heterocycles. The fraction of sp³-hybridized carbons (Fsp3) is 0. The minimum atomic E-state index is 0.694. The second kappa shape index (κ2) is 5.45. The van der Waals surface area contributed by atoms with Gasteiger partial charge in [-0.05, 0) is 17.7 Å². The van der Waals surface area contributed by atoms with Gasteiger partial charge in [0, 0.05) is 29.2 Å². The molecule has 0 spiro atoms. The second-order valence-electron chi connectivity index (χ2n) is 4.51. The molecule has 20 heavy (non-hydrogen) atoms. The van der Waals surface area contributed by atoms with Crippen molar-refractivity contribution in [3.05, 3.63) is 72.9 Å². The molecule has 0 amide bonds. The van der Waals surface area contributed by atoms with E-state index in [1.807, 2.05) is 42.5 Å². The summed E-state index contributed by atoms with van der Waals surface area (Å²) in [6.07, 6.45) is 1.70. The molecule has 0 fully saturated rings. The fourth-order valence-corrected chi connectivity index (χ4v) is 2.11. The number of para-hydroxylation sites is 1. The molecule has 0 saturated carbocycles. The Balaban J connectivity index is 1.99. The van der Waals surface area contributed by atoms with E-state index in [0.717, 1.165) is 17.1 Å². The van der Waals surface area contributed by atoms with Gasteiger partial charge >= 0.3 is 0 Å². The minimum absolute atomic E-state index is 0.694. The van der Waals surface area contributed by atoms with Gasteiger partial charge in [-0.15, -0.1) is 0 Å². The number of anilines is 3. The smallest absolute Gasteiger partial charge is 0.132 e. The second-order valence-corrected chi connectivity index (χ2v) is 4.51. The molecule has 0 unspecified atom stereocenters. The van der Waals surface area contributed by atoms with Crippen molar-refractivity contribution in [2.45, 2.75) is 0 Å². The molecule has 3 aromatic rings. The summed E-state index contributed by atoms with van der Waals surface area (Å²) < 4.78 is 0. The number of rotatable bonds is 3. The third-order valence-corrected chi connectivity index (χ3v) is 3.06. The Bertz CT molecular complexity index is 708. The van der Waals surface area contributed by atoms with Gasteiger partial charge in [0.15, 0.2) is 0 Å². The van der Waals surface area contributed by atoms with Gasteiger partial charge in [0.2, 0.25) is 0 Å². The van der Waals surface area contributed by atoms with Gasteiger partial charge in [-0.25, -0.2) is 4.98 Å². The normalized spacial score (nSPS) is 10.2. The molecule has 0 atom stereocenters. The summed E-state index contributed by atoms with van der Waals surface area (Å²) >= 11 is 0. The van der Waals surface area contributed by atoms with E-state index < -0.39 is 0 Å². The first-order valence-corrected chi connectivity index (χ1v) is 6.46. The van der Waals surface area contributed by atoms with Gasteiger partial charge in [0.1, 0.15) is 5.82 Å². The number of hydrogen-bond donors (Lipinski definition) is 2. The lowest BCUT2D eigenvalue weighted by Gasteiger charge is -2.11. The van der Waals surface area contributed by atoms with Crippen LogP contribution < -0.4 is 11.1 Å². The van der Waals surface area contributed by atoms with Gasteiger partial charge in [-0.3, -0.25) is 0 Å². The standard InChI is InChI=1S/C17H15N3/c18-14-10-11-19-17(12-14)20-16-9-5-4-8-15(16)13-6-2-1-3-7-13/h1-12H,(H3,18,19,20).